The number of nitrogens with one attached hydrogen (secondary N) is 1. The van der Waals surface area contributed by atoms with Gasteiger partial charge in [0.1, 0.15) is 0 Å². The first-order valence-electron chi connectivity index (χ1n) is 5.48. The second-order valence-electron chi connectivity index (χ2n) is 4.16. The fourth-order valence-electron chi connectivity index (χ4n) is 1.69. The Morgan fingerprint density at radius 2 is 2.07 bits per heavy atom. The summed E-state index contributed by atoms with van der Waals surface area (Å²) in [7, 11) is 0. The number of carbonyl (C=O) groups excluding carboxylic acids is 1. The van der Waals surface area contributed by atoms with Crippen molar-refractivity contribution in [1.82, 2.24) is 10.2 Å². The van der Waals surface area contributed by atoms with E-state index in [1.165, 1.54) is 0 Å². The molecule has 1 fully saturated rings. The number of morpholine rings is 1. The molecule has 15 heavy (non-hydrogen) atoms. The van der Waals surface area contributed by atoms with Crippen molar-refractivity contribution in [3.8, 4) is 0 Å². The van der Waals surface area contributed by atoms with E-state index in [0.717, 1.165) is 6.42 Å². The van der Waals surface area contributed by atoms with Crippen LogP contribution >= 0.6 is 0 Å². The van der Waals surface area contributed by atoms with Crippen LogP contribution in [0.15, 0.2) is 0 Å². The van der Waals surface area contributed by atoms with E-state index in [-0.39, 0.29) is 18.1 Å². The standard InChI is InChI=1S/C10H21N3O2/c1-8(11)7-9(2)12-10(14)13-3-5-15-6-4-13/h8-9H,3-7,11H2,1-2H3,(H,12,14). The zero-order valence-electron chi connectivity index (χ0n) is 9.53. The SMILES string of the molecule is CC(N)CC(C)NC(=O)N1CCOCC1. The van der Waals surface area contributed by atoms with Crippen LogP contribution in [0.25, 0.3) is 0 Å². The lowest BCUT2D eigenvalue weighted by Crippen LogP contribution is -2.49. The van der Waals surface area contributed by atoms with E-state index in [1.54, 1.807) is 4.90 Å². The highest BCUT2D eigenvalue weighted by Gasteiger charge is 2.18. The molecule has 88 valence electrons. The molecular weight excluding hydrogens is 194 g/mol. The lowest BCUT2D eigenvalue weighted by atomic mass is 10.1. The van der Waals surface area contributed by atoms with E-state index in [2.05, 4.69) is 5.32 Å². The minimum Gasteiger partial charge on any atom is -0.378 e. The van der Waals surface area contributed by atoms with Gasteiger partial charge in [0.05, 0.1) is 13.2 Å². The van der Waals surface area contributed by atoms with Crippen LogP contribution in [-0.4, -0.2) is 49.3 Å². The minimum absolute atomic E-state index is 0.00792. The maximum absolute atomic E-state index is 11.7. The zero-order valence-corrected chi connectivity index (χ0v) is 9.53. The second-order valence-corrected chi connectivity index (χ2v) is 4.16. The Bertz CT molecular complexity index is 203. The van der Waals surface area contributed by atoms with Crippen molar-refractivity contribution < 1.29 is 9.53 Å². The number of ether oxygens (including phenoxy) is 1. The quantitative estimate of drug-likeness (QED) is 0.704. The van der Waals surface area contributed by atoms with Crippen LogP contribution in [0.4, 0.5) is 4.79 Å². The van der Waals surface area contributed by atoms with Crippen LogP contribution in [0.3, 0.4) is 0 Å². The summed E-state index contributed by atoms with van der Waals surface area (Å²) < 4.78 is 5.18. The van der Waals surface area contributed by atoms with Crippen LogP contribution in [0.1, 0.15) is 20.3 Å². The minimum atomic E-state index is -0.00792. The molecule has 2 unspecified atom stereocenters. The number of urea groups is 1. The van der Waals surface area contributed by atoms with Crippen molar-refractivity contribution in [2.75, 3.05) is 26.3 Å². The Morgan fingerprint density at radius 1 is 1.47 bits per heavy atom. The number of hydrogen-bond donors (Lipinski definition) is 2. The van der Waals surface area contributed by atoms with Crippen LogP contribution in [0, 0.1) is 0 Å². The molecule has 1 aliphatic rings. The number of nitrogens with two attached hydrogens (primary N) is 1. The number of carbonyl (C=O) groups is 1. The van der Waals surface area contributed by atoms with E-state index >= 15 is 0 Å². The summed E-state index contributed by atoms with van der Waals surface area (Å²) in [5.74, 6) is 0. The lowest BCUT2D eigenvalue weighted by Gasteiger charge is -2.28. The molecule has 0 radical (unpaired) electrons. The average Bonchev–Trinajstić information content (AvgIpc) is 2.17. The molecule has 2 atom stereocenters. The molecule has 1 saturated heterocycles. The third-order valence-corrected chi connectivity index (χ3v) is 2.39. The molecule has 0 bridgehead atoms. The molecule has 5 nitrogen and oxygen atoms in total. The van der Waals surface area contributed by atoms with E-state index in [4.69, 9.17) is 10.5 Å². The highest BCUT2D eigenvalue weighted by molar-refractivity contribution is 5.74. The van der Waals surface area contributed by atoms with Crippen molar-refractivity contribution in [1.29, 1.82) is 0 Å². The topological polar surface area (TPSA) is 67.6 Å². The molecule has 3 N–H and O–H groups in total. The molecule has 1 heterocycles. The first-order valence-corrected chi connectivity index (χ1v) is 5.48. The first-order chi connectivity index (χ1) is 7.09. The lowest BCUT2D eigenvalue weighted by molar-refractivity contribution is 0.0525. The van der Waals surface area contributed by atoms with Gasteiger partial charge in [0.15, 0.2) is 0 Å². The van der Waals surface area contributed by atoms with Gasteiger partial charge in [-0.3, -0.25) is 0 Å². The van der Waals surface area contributed by atoms with Crippen LogP contribution in [-0.2, 0) is 4.74 Å². The molecule has 0 saturated carbocycles. The van der Waals surface area contributed by atoms with Crippen LogP contribution < -0.4 is 11.1 Å². The monoisotopic (exact) mass is 215 g/mol. The maximum Gasteiger partial charge on any atom is 0.317 e. The van der Waals surface area contributed by atoms with Gasteiger partial charge in [0.2, 0.25) is 0 Å². The number of amides is 2. The summed E-state index contributed by atoms with van der Waals surface area (Å²) >= 11 is 0. The Kier molecular flexibility index (Phi) is 4.84. The van der Waals surface area contributed by atoms with Gasteiger partial charge in [-0.25, -0.2) is 4.79 Å². The van der Waals surface area contributed by atoms with Gasteiger partial charge in [-0.1, -0.05) is 0 Å². The number of rotatable bonds is 3. The highest BCUT2D eigenvalue weighted by atomic mass is 16.5. The predicted octanol–water partition coefficient (Wildman–Crippen LogP) is 0.154. The second kappa shape index (κ2) is 5.92. The van der Waals surface area contributed by atoms with Gasteiger partial charge in [-0.2, -0.15) is 0 Å². The molecule has 2 amide bonds. The van der Waals surface area contributed by atoms with E-state index in [9.17, 15) is 4.79 Å². The zero-order chi connectivity index (χ0) is 11.3. The van der Waals surface area contributed by atoms with Crippen molar-refractivity contribution in [3.05, 3.63) is 0 Å². The van der Waals surface area contributed by atoms with Crippen molar-refractivity contribution in [3.63, 3.8) is 0 Å². The Morgan fingerprint density at radius 3 is 2.60 bits per heavy atom. The normalized spacial score (nSPS) is 20.9. The van der Waals surface area contributed by atoms with Gasteiger partial charge < -0.3 is 20.7 Å². The smallest absolute Gasteiger partial charge is 0.317 e. The summed E-state index contributed by atoms with van der Waals surface area (Å²) in [5.41, 5.74) is 5.66. The molecule has 1 aliphatic heterocycles. The van der Waals surface area contributed by atoms with Gasteiger partial charge in [-0.05, 0) is 20.3 Å². The van der Waals surface area contributed by atoms with E-state index < -0.39 is 0 Å². The van der Waals surface area contributed by atoms with Crippen LogP contribution in [0.5, 0.6) is 0 Å². The number of nitrogens with zero attached hydrogens (tertiary/aromatic N) is 1. The Labute approximate surface area is 90.9 Å². The fourth-order valence-corrected chi connectivity index (χ4v) is 1.69. The van der Waals surface area contributed by atoms with Gasteiger partial charge in [-0.15, -0.1) is 0 Å². The summed E-state index contributed by atoms with van der Waals surface area (Å²) in [6.07, 6.45) is 0.802. The summed E-state index contributed by atoms with van der Waals surface area (Å²) in [4.78, 5) is 13.5. The van der Waals surface area contributed by atoms with Crippen molar-refractivity contribution in [2.45, 2.75) is 32.4 Å². The maximum atomic E-state index is 11.7. The molecule has 5 heteroatoms. The first kappa shape index (κ1) is 12.3. The molecule has 0 aromatic carbocycles. The van der Waals surface area contributed by atoms with Crippen LogP contribution in [0.2, 0.25) is 0 Å². The van der Waals surface area contributed by atoms with Gasteiger partial charge >= 0.3 is 6.03 Å². The molecule has 0 aliphatic carbocycles. The molecular formula is C10H21N3O2. The Hall–Kier alpha value is -0.810. The van der Waals surface area contributed by atoms with E-state index in [1.807, 2.05) is 13.8 Å². The average molecular weight is 215 g/mol. The van der Waals surface area contributed by atoms with Crippen molar-refractivity contribution in [2.24, 2.45) is 5.73 Å². The highest BCUT2D eigenvalue weighted by Crippen LogP contribution is 2.00. The third kappa shape index (κ3) is 4.48. The third-order valence-electron chi connectivity index (χ3n) is 2.39. The van der Waals surface area contributed by atoms with Crippen molar-refractivity contribution >= 4 is 6.03 Å². The van der Waals surface area contributed by atoms with E-state index in [0.29, 0.717) is 26.3 Å². The predicted molar refractivity (Wildman–Crippen MR) is 58.7 cm³/mol. The Balaban J connectivity index is 2.27. The summed E-state index contributed by atoms with van der Waals surface area (Å²) in [5, 5.41) is 2.93. The van der Waals surface area contributed by atoms with Gasteiger partial charge in [0, 0.05) is 25.2 Å². The summed E-state index contributed by atoms with van der Waals surface area (Å²) in [6.45, 7) is 6.54. The van der Waals surface area contributed by atoms with Gasteiger partial charge in [0.25, 0.3) is 0 Å². The summed E-state index contributed by atoms with van der Waals surface area (Å²) in [6, 6.07) is 0.233. The molecule has 0 aromatic heterocycles. The fraction of sp³-hybridized carbons (Fsp3) is 0.900. The molecule has 0 spiro atoms. The molecule has 0 aromatic rings. The molecule has 1 rings (SSSR count). The largest absolute Gasteiger partial charge is 0.378 e. The number of hydrogen-bond acceptors (Lipinski definition) is 3.